The molecule has 0 saturated carbocycles. The van der Waals surface area contributed by atoms with Gasteiger partial charge in [-0.25, -0.2) is 0 Å². The Kier molecular flexibility index (Phi) is 4.43. The highest BCUT2D eigenvalue weighted by Crippen LogP contribution is 2.16. The topological polar surface area (TPSA) is 78.9 Å². The van der Waals surface area contributed by atoms with Gasteiger partial charge in [-0.2, -0.15) is 0 Å². The molecule has 0 atom stereocenters. The third-order valence-electron chi connectivity index (χ3n) is 3.85. The van der Waals surface area contributed by atoms with Gasteiger partial charge in [0.25, 0.3) is 0 Å². The van der Waals surface area contributed by atoms with Crippen molar-refractivity contribution in [2.45, 2.75) is 20.4 Å². The minimum absolute atomic E-state index is 0.107. The van der Waals surface area contributed by atoms with Crippen molar-refractivity contribution in [3.05, 3.63) is 71.4 Å². The predicted molar refractivity (Wildman–Crippen MR) is 88.7 cm³/mol. The van der Waals surface area contributed by atoms with Gasteiger partial charge in [0.15, 0.2) is 12.2 Å². The van der Waals surface area contributed by atoms with E-state index in [0.29, 0.717) is 11.3 Å². The molecular weight excluding hydrogens is 318 g/mol. The third kappa shape index (κ3) is 3.33. The van der Waals surface area contributed by atoms with E-state index >= 15 is 0 Å². The van der Waals surface area contributed by atoms with E-state index in [1.807, 2.05) is 25.1 Å². The van der Waals surface area contributed by atoms with Gasteiger partial charge < -0.3 is 5.11 Å². The van der Waals surface area contributed by atoms with Crippen LogP contribution < -0.4 is 9.79 Å². The van der Waals surface area contributed by atoms with Crippen LogP contribution in [-0.4, -0.2) is 21.5 Å². The first kappa shape index (κ1) is 16.6. The van der Waals surface area contributed by atoms with E-state index in [2.05, 4.69) is 5.21 Å². The lowest BCUT2D eigenvalue weighted by molar-refractivity contribution is -0.744. The number of hydrogen-bond acceptors (Lipinski definition) is 4. The maximum atomic E-state index is 12.5. The number of para-hydroxylation sites is 1. The fourth-order valence-corrected chi connectivity index (χ4v) is 2.55. The molecule has 0 bridgehead atoms. The molecule has 25 heavy (non-hydrogen) atoms. The molecule has 6 nitrogen and oxygen atoms in total. The number of aryl methyl sites for hydroxylation is 1. The average molecular weight is 335 g/mol. The highest BCUT2D eigenvalue weighted by molar-refractivity contribution is 5.96. The molecule has 0 N–H and O–H groups in total. The van der Waals surface area contributed by atoms with E-state index in [9.17, 15) is 14.7 Å². The van der Waals surface area contributed by atoms with Gasteiger partial charge in [-0.05, 0) is 19.1 Å². The molecule has 0 fully saturated rings. The number of carbonyl (C=O) groups is 2. The number of hydrogen-bond donors (Lipinski definition) is 0. The predicted octanol–water partition coefficient (Wildman–Crippen LogP) is 1.63. The highest BCUT2D eigenvalue weighted by Gasteiger charge is 2.26. The molecule has 2 aromatic carbocycles. The first-order valence-corrected chi connectivity index (χ1v) is 7.84. The van der Waals surface area contributed by atoms with Crippen molar-refractivity contribution in [3.8, 4) is 11.6 Å². The van der Waals surface area contributed by atoms with Crippen LogP contribution in [-0.2, 0) is 6.54 Å². The van der Waals surface area contributed by atoms with Crippen molar-refractivity contribution >= 4 is 11.6 Å². The van der Waals surface area contributed by atoms with E-state index in [-0.39, 0.29) is 18.0 Å². The Morgan fingerprint density at radius 2 is 1.72 bits per heavy atom. The van der Waals surface area contributed by atoms with E-state index in [0.717, 1.165) is 10.2 Å². The number of carbonyl (C=O) groups excluding carboxylic acids is 2. The summed E-state index contributed by atoms with van der Waals surface area (Å²) in [6.07, 6.45) is 0. The van der Waals surface area contributed by atoms with Gasteiger partial charge in [-0.15, -0.1) is 9.36 Å². The Hall–Kier alpha value is -3.28. The summed E-state index contributed by atoms with van der Waals surface area (Å²) in [7, 11) is 0. The molecule has 3 aromatic rings. The van der Waals surface area contributed by atoms with Crippen LogP contribution in [0.2, 0.25) is 0 Å². The van der Waals surface area contributed by atoms with E-state index in [1.54, 1.807) is 36.4 Å². The Bertz CT molecular complexity index is 929. The Labute approximate surface area is 144 Å². The molecule has 6 heteroatoms. The second-order valence-electron chi connectivity index (χ2n) is 5.79. The monoisotopic (exact) mass is 335 g/mol. The summed E-state index contributed by atoms with van der Waals surface area (Å²) in [5, 5.41) is 16.7. The molecule has 0 saturated heterocycles. The number of nitrogens with zero attached hydrogens (tertiary/aromatic N) is 3. The Morgan fingerprint density at radius 1 is 1.08 bits per heavy atom. The largest absolute Gasteiger partial charge is 0.837 e. The summed E-state index contributed by atoms with van der Waals surface area (Å²) in [6, 6.07) is 15.9. The smallest absolute Gasteiger partial charge is 0.227 e. The summed E-state index contributed by atoms with van der Waals surface area (Å²) in [4.78, 5) is 24.4. The van der Waals surface area contributed by atoms with Crippen LogP contribution in [0.15, 0.2) is 54.6 Å². The highest BCUT2D eigenvalue weighted by atomic mass is 16.3. The van der Waals surface area contributed by atoms with Crippen molar-refractivity contribution in [2.24, 2.45) is 0 Å². The van der Waals surface area contributed by atoms with Crippen molar-refractivity contribution in [2.75, 3.05) is 0 Å². The van der Waals surface area contributed by atoms with Gasteiger partial charge in [0.05, 0.1) is 5.21 Å². The van der Waals surface area contributed by atoms with Crippen LogP contribution in [0.4, 0.5) is 0 Å². The van der Waals surface area contributed by atoms with Gasteiger partial charge >= 0.3 is 0 Å². The summed E-state index contributed by atoms with van der Waals surface area (Å²) in [6.45, 7) is 3.05. The zero-order valence-corrected chi connectivity index (χ0v) is 14.0. The van der Waals surface area contributed by atoms with Crippen LogP contribution in [0.5, 0.6) is 5.88 Å². The Morgan fingerprint density at radius 3 is 2.32 bits per heavy atom. The van der Waals surface area contributed by atoms with E-state index in [4.69, 9.17) is 0 Å². The minimum Gasteiger partial charge on any atom is -0.837 e. The standard InChI is InChI=1S/C19H17N3O3/c1-13-8-10-15(11-9-13)17(24)12-21-18(14(2)23)19(25)22(20-21)16-6-4-3-5-7-16/h3-11H,12H2,1-2H3. The molecule has 3 rings (SSSR count). The lowest BCUT2D eigenvalue weighted by Gasteiger charge is -2.02. The normalized spacial score (nSPS) is 10.6. The second kappa shape index (κ2) is 6.68. The third-order valence-corrected chi connectivity index (χ3v) is 3.85. The maximum Gasteiger partial charge on any atom is 0.227 e. The maximum absolute atomic E-state index is 12.5. The minimum atomic E-state index is -0.532. The second-order valence-corrected chi connectivity index (χ2v) is 5.79. The molecule has 0 aliphatic heterocycles. The van der Waals surface area contributed by atoms with Gasteiger partial charge in [0.1, 0.15) is 5.88 Å². The first-order valence-electron chi connectivity index (χ1n) is 7.84. The number of aromatic nitrogens is 3. The fourth-order valence-electron chi connectivity index (χ4n) is 2.55. The molecule has 126 valence electrons. The molecule has 0 spiro atoms. The van der Waals surface area contributed by atoms with Gasteiger partial charge in [-0.3, -0.25) is 9.59 Å². The lowest BCUT2D eigenvalue weighted by atomic mass is 10.1. The molecule has 0 aliphatic carbocycles. The molecule has 1 aromatic heterocycles. The molecule has 0 radical (unpaired) electrons. The fraction of sp³-hybridized carbons (Fsp3) is 0.158. The van der Waals surface area contributed by atoms with Crippen molar-refractivity contribution in [1.82, 2.24) is 9.90 Å². The van der Waals surface area contributed by atoms with Crippen molar-refractivity contribution < 1.29 is 19.4 Å². The molecule has 0 aliphatic rings. The lowest BCUT2D eigenvalue weighted by Crippen LogP contribution is -2.45. The summed E-state index contributed by atoms with van der Waals surface area (Å²) >= 11 is 0. The number of rotatable bonds is 5. The van der Waals surface area contributed by atoms with Crippen LogP contribution >= 0.6 is 0 Å². The van der Waals surface area contributed by atoms with Crippen LogP contribution in [0.3, 0.4) is 0 Å². The Balaban J connectivity index is 1.99. The summed E-state index contributed by atoms with van der Waals surface area (Å²) in [5.74, 6) is -1.18. The zero-order chi connectivity index (χ0) is 18.0. The SMILES string of the molecule is CC(=O)c1c([O-])n(-c2ccccc2)n[n+]1CC(=O)c1ccc(C)cc1. The number of Topliss-reactive ketones (excluding diaryl/α,β-unsaturated/α-hetero) is 2. The van der Waals surface area contributed by atoms with Crippen LogP contribution in [0, 0.1) is 6.92 Å². The molecule has 1 heterocycles. The van der Waals surface area contributed by atoms with E-state index < -0.39 is 11.7 Å². The summed E-state index contributed by atoms with van der Waals surface area (Å²) in [5.41, 5.74) is 1.99. The zero-order valence-electron chi connectivity index (χ0n) is 14.0. The van der Waals surface area contributed by atoms with Gasteiger partial charge in [0, 0.05) is 12.5 Å². The van der Waals surface area contributed by atoms with Crippen LogP contribution in [0.25, 0.3) is 5.69 Å². The van der Waals surface area contributed by atoms with Gasteiger partial charge in [0.2, 0.25) is 17.3 Å². The van der Waals surface area contributed by atoms with Crippen LogP contribution in [0.1, 0.15) is 33.3 Å². The molecule has 0 amide bonds. The van der Waals surface area contributed by atoms with E-state index in [1.165, 1.54) is 11.6 Å². The average Bonchev–Trinajstić information content (AvgIpc) is 2.92. The summed E-state index contributed by atoms with van der Waals surface area (Å²) < 4.78 is 2.32. The van der Waals surface area contributed by atoms with Gasteiger partial charge in [-0.1, -0.05) is 48.0 Å². The molecule has 0 unspecified atom stereocenters. The quantitative estimate of drug-likeness (QED) is 0.524. The van der Waals surface area contributed by atoms with Crippen molar-refractivity contribution in [3.63, 3.8) is 0 Å². The number of ketones is 2. The number of benzene rings is 2. The van der Waals surface area contributed by atoms with Crippen molar-refractivity contribution in [1.29, 1.82) is 0 Å². The molecular formula is C19H17N3O3. The first-order chi connectivity index (χ1) is 12.0.